The predicted octanol–water partition coefficient (Wildman–Crippen LogP) is 3.41. The summed E-state index contributed by atoms with van der Waals surface area (Å²) in [5.74, 6) is -0.228. The molecule has 1 N–H and O–H groups in total. The highest BCUT2D eigenvalue weighted by Gasteiger charge is 2.26. The van der Waals surface area contributed by atoms with Gasteiger partial charge in [0.05, 0.1) is 18.1 Å². The Hall–Kier alpha value is -2.42. The number of rotatable bonds is 7. The van der Waals surface area contributed by atoms with Gasteiger partial charge in [-0.1, -0.05) is 31.4 Å². The van der Waals surface area contributed by atoms with E-state index in [-0.39, 0.29) is 10.8 Å². The van der Waals surface area contributed by atoms with E-state index >= 15 is 0 Å². The van der Waals surface area contributed by atoms with Crippen LogP contribution in [0.25, 0.3) is 0 Å². The maximum Gasteiger partial charge on any atom is 0.251 e. The van der Waals surface area contributed by atoms with Crippen molar-refractivity contribution >= 4 is 21.6 Å². The molecule has 1 aliphatic heterocycles. The van der Waals surface area contributed by atoms with E-state index in [0.29, 0.717) is 44.5 Å². The van der Waals surface area contributed by atoms with Crippen LogP contribution in [-0.2, 0) is 21.3 Å². The van der Waals surface area contributed by atoms with Gasteiger partial charge in [0.25, 0.3) is 5.91 Å². The molecule has 178 valence electrons. The summed E-state index contributed by atoms with van der Waals surface area (Å²) in [6.07, 6.45) is 6.45. The summed E-state index contributed by atoms with van der Waals surface area (Å²) in [5, 5.41) is 2.92. The average Bonchev–Trinajstić information content (AvgIpc) is 2.88. The van der Waals surface area contributed by atoms with E-state index in [9.17, 15) is 13.2 Å². The number of nitrogens with one attached hydrogen (secondary N) is 1. The number of ether oxygens (including phenoxy) is 1. The van der Waals surface area contributed by atoms with Gasteiger partial charge in [0.1, 0.15) is 0 Å². The third kappa shape index (κ3) is 5.75. The Morgan fingerprint density at radius 2 is 1.64 bits per heavy atom. The van der Waals surface area contributed by atoms with Gasteiger partial charge in [0.2, 0.25) is 10.0 Å². The van der Waals surface area contributed by atoms with Crippen LogP contribution >= 0.6 is 0 Å². The van der Waals surface area contributed by atoms with Gasteiger partial charge in [-0.05, 0) is 54.8 Å². The number of nitrogens with zero attached hydrogens (tertiary/aromatic N) is 2. The summed E-state index contributed by atoms with van der Waals surface area (Å²) >= 11 is 0. The summed E-state index contributed by atoms with van der Waals surface area (Å²) in [6.45, 7) is 1.91. The molecule has 0 unspecified atom stereocenters. The molecule has 1 saturated heterocycles. The number of benzene rings is 2. The molecule has 1 saturated carbocycles. The van der Waals surface area contributed by atoms with Gasteiger partial charge < -0.3 is 15.0 Å². The van der Waals surface area contributed by atoms with Crippen molar-refractivity contribution in [2.45, 2.75) is 49.6 Å². The van der Waals surface area contributed by atoms with E-state index in [1.165, 1.54) is 54.2 Å². The first-order valence-electron chi connectivity index (χ1n) is 11.7. The minimum absolute atomic E-state index is 0.193. The van der Waals surface area contributed by atoms with E-state index in [1.54, 1.807) is 12.1 Å². The van der Waals surface area contributed by atoms with E-state index in [4.69, 9.17) is 4.74 Å². The minimum Gasteiger partial charge on any atom is -0.379 e. The van der Waals surface area contributed by atoms with Crippen molar-refractivity contribution in [2.75, 3.05) is 38.3 Å². The van der Waals surface area contributed by atoms with Crippen molar-refractivity contribution in [3.63, 3.8) is 0 Å². The zero-order valence-corrected chi connectivity index (χ0v) is 20.0. The van der Waals surface area contributed by atoms with Gasteiger partial charge in [-0.15, -0.1) is 0 Å². The summed E-state index contributed by atoms with van der Waals surface area (Å²) < 4.78 is 32.1. The summed E-state index contributed by atoms with van der Waals surface area (Å²) in [6, 6.07) is 15.0. The Morgan fingerprint density at radius 1 is 1.00 bits per heavy atom. The lowest BCUT2D eigenvalue weighted by atomic mass is 9.94. The van der Waals surface area contributed by atoms with Crippen LogP contribution < -0.4 is 10.2 Å². The Labute approximate surface area is 196 Å². The third-order valence-electron chi connectivity index (χ3n) is 6.64. The minimum atomic E-state index is -3.56. The van der Waals surface area contributed by atoms with Crippen molar-refractivity contribution in [3.05, 3.63) is 59.7 Å². The first-order valence-corrected chi connectivity index (χ1v) is 13.2. The van der Waals surface area contributed by atoms with Crippen molar-refractivity contribution in [2.24, 2.45) is 0 Å². The second-order valence-corrected chi connectivity index (χ2v) is 10.7. The lowest BCUT2D eigenvalue weighted by molar-refractivity contribution is 0.0730. The predicted molar refractivity (Wildman–Crippen MR) is 129 cm³/mol. The zero-order chi connectivity index (χ0) is 23.3. The standard InChI is InChI=1S/C25H33N3O4S/c1-27(22-5-3-2-4-6-22)23-11-7-20(8-12-23)19-26-25(29)21-9-13-24(14-10-21)33(30,31)28-15-17-32-18-16-28/h7-14,22H,2-6,15-19H2,1H3,(H,26,29). The lowest BCUT2D eigenvalue weighted by Gasteiger charge is -2.33. The molecule has 1 heterocycles. The number of sulfonamides is 1. The Balaban J connectivity index is 1.32. The number of anilines is 1. The highest BCUT2D eigenvalue weighted by Crippen LogP contribution is 2.26. The van der Waals surface area contributed by atoms with Crippen LogP contribution in [0.15, 0.2) is 53.4 Å². The fourth-order valence-electron chi connectivity index (χ4n) is 4.53. The molecule has 2 aliphatic rings. The molecule has 8 heteroatoms. The molecule has 0 spiro atoms. The second-order valence-electron chi connectivity index (χ2n) is 8.79. The Kier molecular flexibility index (Phi) is 7.67. The smallest absolute Gasteiger partial charge is 0.251 e. The van der Waals surface area contributed by atoms with E-state index < -0.39 is 10.0 Å². The molecule has 1 aliphatic carbocycles. The SMILES string of the molecule is CN(c1ccc(CNC(=O)c2ccc(S(=O)(=O)N3CCOCC3)cc2)cc1)C1CCCCC1. The van der Waals surface area contributed by atoms with Gasteiger partial charge in [0, 0.05) is 44.0 Å². The molecule has 7 nitrogen and oxygen atoms in total. The van der Waals surface area contributed by atoms with Crippen LogP contribution in [0, 0.1) is 0 Å². The van der Waals surface area contributed by atoms with Crippen LogP contribution in [0.4, 0.5) is 5.69 Å². The summed E-state index contributed by atoms with van der Waals surface area (Å²) in [5.41, 5.74) is 2.66. The number of hydrogen-bond acceptors (Lipinski definition) is 5. The van der Waals surface area contributed by atoms with Gasteiger partial charge in [-0.25, -0.2) is 8.42 Å². The van der Waals surface area contributed by atoms with Gasteiger partial charge in [-0.2, -0.15) is 4.31 Å². The van der Waals surface area contributed by atoms with Crippen LogP contribution in [0.1, 0.15) is 48.0 Å². The molecule has 2 aromatic carbocycles. The van der Waals surface area contributed by atoms with Crippen molar-refractivity contribution in [3.8, 4) is 0 Å². The van der Waals surface area contributed by atoms with Crippen molar-refractivity contribution in [1.82, 2.24) is 9.62 Å². The molecule has 1 amide bonds. The maximum absolute atomic E-state index is 12.7. The Bertz CT molecular complexity index is 1030. The van der Waals surface area contributed by atoms with E-state index in [2.05, 4.69) is 29.4 Å². The van der Waals surface area contributed by atoms with E-state index in [0.717, 1.165) is 5.56 Å². The largest absolute Gasteiger partial charge is 0.379 e. The maximum atomic E-state index is 12.7. The number of hydrogen-bond donors (Lipinski definition) is 1. The van der Waals surface area contributed by atoms with Gasteiger partial charge >= 0.3 is 0 Å². The van der Waals surface area contributed by atoms with Crippen molar-refractivity contribution in [1.29, 1.82) is 0 Å². The molecule has 33 heavy (non-hydrogen) atoms. The Morgan fingerprint density at radius 3 is 2.27 bits per heavy atom. The highest BCUT2D eigenvalue weighted by atomic mass is 32.2. The topological polar surface area (TPSA) is 79.0 Å². The molecule has 2 fully saturated rings. The first-order chi connectivity index (χ1) is 15.9. The highest BCUT2D eigenvalue weighted by molar-refractivity contribution is 7.89. The van der Waals surface area contributed by atoms with Crippen molar-refractivity contribution < 1.29 is 17.9 Å². The van der Waals surface area contributed by atoms with Gasteiger partial charge in [0.15, 0.2) is 0 Å². The molecule has 0 bridgehead atoms. The number of morpholine rings is 1. The average molecular weight is 472 g/mol. The number of carbonyl (C=O) groups is 1. The molecule has 0 radical (unpaired) electrons. The molecular formula is C25H33N3O4S. The molecular weight excluding hydrogens is 438 g/mol. The van der Waals surface area contributed by atoms with E-state index in [1.807, 2.05) is 12.1 Å². The van der Waals surface area contributed by atoms with Crippen LogP contribution in [0.2, 0.25) is 0 Å². The molecule has 4 rings (SSSR count). The van der Waals surface area contributed by atoms with Crippen LogP contribution in [-0.4, -0.2) is 58.0 Å². The third-order valence-corrected chi connectivity index (χ3v) is 8.56. The summed E-state index contributed by atoms with van der Waals surface area (Å²) in [4.78, 5) is 15.1. The zero-order valence-electron chi connectivity index (χ0n) is 19.2. The van der Waals surface area contributed by atoms with Crippen LogP contribution in [0.5, 0.6) is 0 Å². The molecule has 0 aromatic heterocycles. The lowest BCUT2D eigenvalue weighted by Crippen LogP contribution is -2.40. The fraction of sp³-hybridized carbons (Fsp3) is 0.480. The monoisotopic (exact) mass is 471 g/mol. The van der Waals surface area contributed by atoms with Gasteiger partial charge in [-0.3, -0.25) is 4.79 Å². The molecule has 0 atom stereocenters. The normalized spacial score (nSPS) is 18.1. The fourth-order valence-corrected chi connectivity index (χ4v) is 5.93. The second kappa shape index (κ2) is 10.7. The summed E-state index contributed by atoms with van der Waals surface area (Å²) in [7, 11) is -1.40. The first kappa shape index (κ1) is 23.7. The molecule has 2 aromatic rings. The van der Waals surface area contributed by atoms with Crippen LogP contribution in [0.3, 0.4) is 0 Å². The number of carbonyl (C=O) groups excluding carboxylic acids is 1. The quantitative estimate of drug-likeness (QED) is 0.670. The number of amides is 1.